The molecule has 0 atom stereocenters. The lowest BCUT2D eigenvalue weighted by atomic mass is 10.1. The minimum absolute atomic E-state index is 0.717. The molecule has 3 nitrogen and oxygen atoms in total. The van der Waals surface area contributed by atoms with E-state index in [1.807, 2.05) is 6.92 Å². The lowest BCUT2D eigenvalue weighted by Gasteiger charge is -2.14. The molecule has 0 aromatic carbocycles. The summed E-state index contributed by atoms with van der Waals surface area (Å²) in [6, 6.07) is 2.85. The Morgan fingerprint density at radius 2 is 2.18 bits per heavy atom. The van der Waals surface area contributed by atoms with E-state index in [2.05, 4.69) is 30.2 Å². The van der Waals surface area contributed by atoms with E-state index in [0.29, 0.717) is 0 Å². The highest BCUT2D eigenvalue weighted by molar-refractivity contribution is 5.36. The number of nitrogens with one attached hydrogen (secondary N) is 1. The van der Waals surface area contributed by atoms with E-state index in [9.17, 15) is 0 Å². The molecule has 0 unspecified atom stereocenters. The van der Waals surface area contributed by atoms with Crippen LogP contribution in [0.3, 0.4) is 0 Å². The van der Waals surface area contributed by atoms with Crippen LogP contribution in [0.5, 0.6) is 5.88 Å². The second kappa shape index (κ2) is 5.50. The van der Waals surface area contributed by atoms with Crippen LogP contribution < -0.4 is 10.1 Å². The molecule has 0 amide bonds. The SMILES string of the molecule is CCCOc1nc(C)cc(C)c1CNC1CC1. The molecular formula is C14H22N2O. The summed E-state index contributed by atoms with van der Waals surface area (Å²) in [5, 5.41) is 3.53. The molecule has 0 saturated heterocycles. The minimum atomic E-state index is 0.717. The van der Waals surface area contributed by atoms with Crippen LogP contribution in [0, 0.1) is 13.8 Å². The summed E-state index contributed by atoms with van der Waals surface area (Å²) in [5.74, 6) is 0.817. The number of ether oxygens (including phenoxy) is 1. The summed E-state index contributed by atoms with van der Waals surface area (Å²) in [7, 11) is 0. The van der Waals surface area contributed by atoms with Gasteiger partial charge < -0.3 is 10.1 Å². The van der Waals surface area contributed by atoms with Crippen molar-refractivity contribution in [1.29, 1.82) is 0 Å². The van der Waals surface area contributed by atoms with Gasteiger partial charge in [-0.15, -0.1) is 0 Å². The summed E-state index contributed by atoms with van der Waals surface area (Å²) >= 11 is 0. The second-order valence-electron chi connectivity index (χ2n) is 4.87. The molecule has 0 bridgehead atoms. The molecule has 2 rings (SSSR count). The highest BCUT2D eigenvalue weighted by atomic mass is 16.5. The van der Waals surface area contributed by atoms with E-state index in [1.165, 1.54) is 24.0 Å². The van der Waals surface area contributed by atoms with Crippen LogP contribution in [0.4, 0.5) is 0 Å². The summed E-state index contributed by atoms with van der Waals surface area (Å²) < 4.78 is 5.75. The average molecular weight is 234 g/mol. The van der Waals surface area contributed by atoms with Gasteiger partial charge in [-0.3, -0.25) is 0 Å². The fourth-order valence-electron chi connectivity index (χ4n) is 1.90. The lowest BCUT2D eigenvalue weighted by molar-refractivity contribution is 0.300. The van der Waals surface area contributed by atoms with Gasteiger partial charge in [0.25, 0.3) is 0 Å². The van der Waals surface area contributed by atoms with Crippen LogP contribution in [0.2, 0.25) is 0 Å². The van der Waals surface area contributed by atoms with Gasteiger partial charge in [0, 0.05) is 23.8 Å². The van der Waals surface area contributed by atoms with Crippen LogP contribution in [0.25, 0.3) is 0 Å². The Hall–Kier alpha value is -1.09. The van der Waals surface area contributed by atoms with Gasteiger partial charge in [-0.1, -0.05) is 6.92 Å². The van der Waals surface area contributed by atoms with Gasteiger partial charge in [-0.2, -0.15) is 0 Å². The predicted molar refractivity (Wildman–Crippen MR) is 69.4 cm³/mol. The number of rotatable bonds is 6. The molecule has 1 aromatic rings. The lowest BCUT2D eigenvalue weighted by Crippen LogP contribution is -2.18. The molecule has 1 aromatic heterocycles. The normalized spacial score (nSPS) is 15.0. The summed E-state index contributed by atoms with van der Waals surface area (Å²) in [6.07, 6.45) is 3.64. The monoisotopic (exact) mass is 234 g/mol. The molecule has 3 heteroatoms. The maximum atomic E-state index is 5.75. The van der Waals surface area contributed by atoms with Crippen molar-refractivity contribution in [2.45, 2.75) is 52.6 Å². The van der Waals surface area contributed by atoms with Gasteiger partial charge in [-0.05, 0) is 44.7 Å². The van der Waals surface area contributed by atoms with Crippen molar-refractivity contribution in [3.05, 3.63) is 22.9 Å². The molecule has 1 N–H and O–H groups in total. The average Bonchev–Trinajstić information content (AvgIpc) is 3.08. The van der Waals surface area contributed by atoms with Gasteiger partial charge in [0.1, 0.15) is 0 Å². The van der Waals surface area contributed by atoms with Crippen LogP contribution in [-0.4, -0.2) is 17.6 Å². The third-order valence-corrected chi connectivity index (χ3v) is 3.03. The minimum Gasteiger partial charge on any atom is -0.477 e. The van der Waals surface area contributed by atoms with Gasteiger partial charge in [0.15, 0.2) is 0 Å². The summed E-state index contributed by atoms with van der Waals surface area (Å²) in [4.78, 5) is 4.51. The molecule has 1 saturated carbocycles. The topological polar surface area (TPSA) is 34.1 Å². The Morgan fingerprint density at radius 3 is 2.82 bits per heavy atom. The number of aryl methyl sites for hydroxylation is 2. The number of pyridine rings is 1. The van der Waals surface area contributed by atoms with Gasteiger partial charge in [0.05, 0.1) is 6.61 Å². The first-order chi connectivity index (χ1) is 8.20. The van der Waals surface area contributed by atoms with Crippen molar-refractivity contribution in [1.82, 2.24) is 10.3 Å². The Morgan fingerprint density at radius 1 is 1.41 bits per heavy atom. The second-order valence-corrected chi connectivity index (χ2v) is 4.87. The number of aromatic nitrogens is 1. The number of hydrogen-bond donors (Lipinski definition) is 1. The van der Waals surface area contributed by atoms with Crippen LogP contribution in [0.1, 0.15) is 43.0 Å². The van der Waals surface area contributed by atoms with Gasteiger partial charge in [-0.25, -0.2) is 4.98 Å². The molecule has 0 radical (unpaired) electrons. The van der Waals surface area contributed by atoms with E-state index < -0.39 is 0 Å². The Kier molecular flexibility index (Phi) is 4.00. The number of hydrogen-bond acceptors (Lipinski definition) is 3. The summed E-state index contributed by atoms with van der Waals surface area (Å²) in [5.41, 5.74) is 3.52. The van der Waals surface area contributed by atoms with E-state index in [4.69, 9.17) is 4.74 Å². The first-order valence-corrected chi connectivity index (χ1v) is 6.54. The third kappa shape index (κ3) is 3.43. The Labute approximate surface area is 104 Å². The molecule has 1 heterocycles. The van der Waals surface area contributed by atoms with Crippen molar-refractivity contribution in [3.63, 3.8) is 0 Å². The molecule has 94 valence electrons. The zero-order valence-corrected chi connectivity index (χ0v) is 11.0. The molecule has 0 spiro atoms. The zero-order valence-electron chi connectivity index (χ0n) is 11.0. The molecular weight excluding hydrogens is 212 g/mol. The van der Waals surface area contributed by atoms with Gasteiger partial charge >= 0.3 is 0 Å². The van der Waals surface area contributed by atoms with Crippen LogP contribution in [0.15, 0.2) is 6.07 Å². The first kappa shape index (κ1) is 12.4. The zero-order chi connectivity index (χ0) is 12.3. The van der Waals surface area contributed by atoms with Crippen LogP contribution >= 0.6 is 0 Å². The number of nitrogens with zero attached hydrogens (tertiary/aromatic N) is 1. The molecule has 17 heavy (non-hydrogen) atoms. The van der Waals surface area contributed by atoms with E-state index in [1.54, 1.807) is 0 Å². The fourth-order valence-corrected chi connectivity index (χ4v) is 1.90. The van der Waals surface area contributed by atoms with Crippen molar-refractivity contribution < 1.29 is 4.74 Å². The van der Waals surface area contributed by atoms with Crippen molar-refractivity contribution in [2.75, 3.05) is 6.61 Å². The highest BCUT2D eigenvalue weighted by Gasteiger charge is 2.21. The highest BCUT2D eigenvalue weighted by Crippen LogP contribution is 2.24. The molecule has 1 aliphatic rings. The third-order valence-electron chi connectivity index (χ3n) is 3.03. The van der Waals surface area contributed by atoms with Crippen molar-refractivity contribution >= 4 is 0 Å². The van der Waals surface area contributed by atoms with Crippen molar-refractivity contribution in [2.24, 2.45) is 0 Å². The van der Waals surface area contributed by atoms with Gasteiger partial charge in [0.2, 0.25) is 5.88 Å². The largest absolute Gasteiger partial charge is 0.477 e. The maximum Gasteiger partial charge on any atom is 0.218 e. The van der Waals surface area contributed by atoms with E-state index >= 15 is 0 Å². The van der Waals surface area contributed by atoms with Crippen molar-refractivity contribution in [3.8, 4) is 5.88 Å². The fraction of sp³-hybridized carbons (Fsp3) is 0.643. The van der Waals surface area contributed by atoms with E-state index in [0.717, 1.165) is 37.2 Å². The quantitative estimate of drug-likeness (QED) is 0.821. The maximum absolute atomic E-state index is 5.75. The Balaban J connectivity index is 2.12. The predicted octanol–water partition coefficient (Wildman–Crippen LogP) is 2.74. The van der Waals surface area contributed by atoms with Crippen LogP contribution in [-0.2, 0) is 6.54 Å². The smallest absolute Gasteiger partial charge is 0.218 e. The molecule has 1 fully saturated rings. The standard InChI is InChI=1S/C14H22N2O/c1-4-7-17-14-13(9-15-12-5-6-12)10(2)8-11(3)16-14/h8,12,15H,4-7,9H2,1-3H3. The molecule has 1 aliphatic carbocycles. The summed E-state index contributed by atoms with van der Waals surface area (Å²) in [6.45, 7) is 7.89. The first-order valence-electron chi connectivity index (χ1n) is 6.54. The Bertz CT molecular complexity index is 386. The van der Waals surface area contributed by atoms with E-state index in [-0.39, 0.29) is 0 Å². The molecule has 0 aliphatic heterocycles.